The summed E-state index contributed by atoms with van der Waals surface area (Å²) in [5.74, 6) is -0.120. The number of halogens is 3. The van der Waals surface area contributed by atoms with Crippen LogP contribution >= 0.6 is 39.1 Å². The number of nitrogen functional groups attached to an aromatic ring is 1. The van der Waals surface area contributed by atoms with E-state index in [1.165, 1.54) is 0 Å². The molecule has 0 spiro atoms. The van der Waals surface area contributed by atoms with Crippen molar-refractivity contribution in [3.05, 3.63) is 62.0 Å². The molecule has 0 saturated carbocycles. The first-order valence-corrected chi connectivity index (χ1v) is 7.68. The molecule has 2 aromatic carbocycles. The van der Waals surface area contributed by atoms with Crippen molar-refractivity contribution in [3.63, 3.8) is 0 Å². The Bertz CT molecular complexity index is 691. The van der Waals surface area contributed by atoms with E-state index in [0.29, 0.717) is 32.3 Å². The molecular weight excluding hydrogens is 375 g/mol. The van der Waals surface area contributed by atoms with Gasteiger partial charge in [-0.05, 0) is 57.9 Å². The average molecular weight is 388 g/mol. The molecule has 6 heteroatoms. The molecule has 0 saturated heterocycles. The summed E-state index contributed by atoms with van der Waals surface area (Å²) in [5, 5.41) is 1.15. The first kappa shape index (κ1) is 16.1. The van der Waals surface area contributed by atoms with Gasteiger partial charge in [-0.1, -0.05) is 23.2 Å². The van der Waals surface area contributed by atoms with E-state index in [4.69, 9.17) is 28.9 Å². The normalized spacial score (nSPS) is 10.5. The van der Waals surface area contributed by atoms with Crippen LogP contribution in [0.15, 0.2) is 40.9 Å². The Morgan fingerprint density at radius 3 is 2.52 bits per heavy atom. The fraction of sp³-hybridized carbons (Fsp3) is 0.133. The predicted octanol–water partition coefficient (Wildman–Crippen LogP) is 4.61. The fourth-order valence-corrected chi connectivity index (χ4v) is 2.57. The van der Waals surface area contributed by atoms with Gasteiger partial charge in [-0.3, -0.25) is 4.79 Å². The van der Waals surface area contributed by atoms with Gasteiger partial charge in [0.25, 0.3) is 5.91 Å². The van der Waals surface area contributed by atoms with Crippen LogP contribution in [0.5, 0.6) is 0 Å². The second kappa shape index (κ2) is 6.69. The maximum Gasteiger partial charge on any atom is 0.253 e. The van der Waals surface area contributed by atoms with Gasteiger partial charge in [-0.25, -0.2) is 0 Å². The number of rotatable bonds is 3. The Labute approximate surface area is 141 Å². The molecule has 0 heterocycles. The number of carbonyl (C=O) groups excluding carboxylic acids is 1. The summed E-state index contributed by atoms with van der Waals surface area (Å²) in [4.78, 5) is 14.0. The van der Waals surface area contributed by atoms with Crippen LogP contribution in [0.1, 0.15) is 15.9 Å². The zero-order valence-electron chi connectivity index (χ0n) is 11.2. The Balaban J connectivity index is 2.19. The fourth-order valence-electron chi connectivity index (χ4n) is 1.89. The van der Waals surface area contributed by atoms with E-state index in [9.17, 15) is 4.79 Å². The zero-order chi connectivity index (χ0) is 15.6. The molecule has 2 N–H and O–H groups in total. The second-order valence-electron chi connectivity index (χ2n) is 4.64. The van der Waals surface area contributed by atoms with Crippen molar-refractivity contribution < 1.29 is 4.79 Å². The van der Waals surface area contributed by atoms with Crippen LogP contribution in [0.25, 0.3) is 0 Å². The van der Waals surface area contributed by atoms with Gasteiger partial charge in [-0.2, -0.15) is 0 Å². The second-order valence-corrected chi connectivity index (χ2v) is 6.31. The van der Waals surface area contributed by atoms with E-state index in [1.807, 2.05) is 0 Å². The summed E-state index contributed by atoms with van der Waals surface area (Å²) >= 11 is 15.4. The van der Waals surface area contributed by atoms with Crippen molar-refractivity contribution in [2.24, 2.45) is 0 Å². The summed E-state index contributed by atoms with van der Waals surface area (Å²) < 4.78 is 0.686. The summed E-state index contributed by atoms with van der Waals surface area (Å²) in [6.45, 7) is 0.378. The van der Waals surface area contributed by atoms with E-state index in [-0.39, 0.29) is 5.91 Å². The van der Waals surface area contributed by atoms with E-state index in [1.54, 1.807) is 48.3 Å². The van der Waals surface area contributed by atoms with Gasteiger partial charge in [0.05, 0.1) is 5.02 Å². The molecule has 3 nitrogen and oxygen atoms in total. The summed E-state index contributed by atoms with van der Waals surface area (Å²) in [5.41, 5.74) is 7.72. The number of hydrogen-bond acceptors (Lipinski definition) is 2. The predicted molar refractivity (Wildman–Crippen MR) is 90.8 cm³/mol. The Hall–Kier alpha value is -1.23. The van der Waals surface area contributed by atoms with Gasteiger partial charge in [0.15, 0.2) is 0 Å². The number of hydrogen-bond donors (Lipinski definition) is 1. The van der Waals surface area contributed by atoms with Crippen LogP contribution in [0.4, 0.5) is 5.69 Å². The molecule has 0 aliphatic carbocycles. The third-order valence-corrected chi connectivity index (χ3v) is 4.57. The summed E-state index contributed by atoms with van der Waals surface area (Å²) in [6.07, 6.45) is 0. The Morgan fingerprint density at radius 1 is 1.19 bits per heavy atom. The topological polar surface area (TPSA) is 46.3 Å². The summed E-state index contributed by atoms with van der Waals surface area (Å²) in [6, 6.07) is 10.3. The highest BCUT2D eigenvalue weighted by Gasteiger charge is 2.14. The highest BCUT2D eigenvalue weighted by atomic mass is 79.9. The molecule has 21 heavy (non-hydrogen) atoms. The van der Waals surface area contributed by atoms with Gasteiger partial charge >= 0.3 is 0 Å². The van der Waals surface area contributed by atoms with Gasteiger partial charge in [-0.15, -0.1) is 0 Å². The molecule has 0 aliphatic rings. The molecule has 0 bridgehead atoms. The minimum Gasteiger partial charge on any atom is -0.399 e. The third kappa shape index (κ3) is 3.90. The van der Waals surface area contributed by atoms with Crippen LogP contribution in [0, 0.1) is 0 Å². The van der Waals surface area contributed by atoms with Crippen molar-refractivity contribution >= 4 is 50.7 Å². The van der Waals surface area contributed by atoms with Crippen LogP contribution in [-0.2, 0) is 6.54 Å². The quantitative estimate of drug-likeness (QED) is 0.781. The molecular formula is C15H13BrCl2N2O. The van der Waals surface area contributed by atoms with Crippen LogP contribution in [0.3, 0.4) is 0 Å². The monoisotopic (exact) mass is 386 g/mol. The Morgan fingerprint density at radius 2 is 1.86 bits per heavy atom. The van der Waals surface area contributed by atoms with E-state index in [0.717, 1.165) is 5.56 Å². The minimum absolute atomic E-state index is 0.120. The molecule has 110 valence electrons. The largest absolute Gasteiger partial charge is 0.399 e. The highest BCUT2D eigenvalue weighted by Crippen LogP contribution is 2.25. The summed E-state index contributed by atoms with van der Waals surface area (Å²) in [7, 11) is 1.71. The van der Waals surface area contributed by atoms with Gasteiger partial charge in [0.2, 0.25) is 0 Å². The maximum atomic E-state index is 12.4. The van der Waals surface area contributed by atoms with E-state index >= 15 is 0 Å². The lowest BCUT2D eigenvalue weighted by Gasteiger charge is -2.18. The first-order valence-electron chi connectivity index (χ1n) is 6.13. The standard InChI is InChI=1S/C15H13BrCl2N2O/c1-20(8-10-6-11(19)3-5-13(10)17)15(21)9-2-4-14(18)12(16)7-9/h2-7H,8,19H2,1H3. The number of anilines is 1. The SMILES string of the molecule is CN(Cc1cc(N)ccc1Cl)C(=O)c1ccc(Cl)c(Br)c1. The van der Waals surface area contributed by atoms with Crippen molar-refractivity contribution in [2.75, 3.05) is 12.8 Å². The smallest absolute Gasteiger partial charge is 0.253 e. The zero-order valence-corrected chi connectivity index (χ0v) is 14.3. The molecule has 2 aromatic rings. The minimum atomic E-state index is -0.120. The van der Waals surface area contributed by atoms with Crippen molar-refractivity contribution in [2.45, 2.75) is 6.54 Å². The number of nitrogens with two attached hydrogens (primary N) is 1. The van der Waals surface area contributed by atoms with Crippen molar-refractivity contribution in [1.82, 2.24) is 4.90 Å². The lowest BCUT2D eigenvalue weighted by molar-refractivity contribution is 0.0785. The van der Waals surface area contributed by atoms with Gasteiger partial charge in [0, 0.05) is 34.3 Å². The molecule has 0 aliphatic heterocycles. The van der Waals surface area contributed by atoms with Crippen LogP contribution in [-0.4, -0.2) is 17.9 Å². The van der Waals surface area contributed by atoms with E-state index < -0.39 is 0 Å². The van der Waals surface area contributed by atoms with Crippen LogP contribution < -0.4 is 5.73 Å². The Kier molecular flexibility index (Phi) is 5.14. The van der Waals surface area contributed by atoms with Gasteiger partial charge < -0.3 is 10.6 Å². The number of nitrogens with zero attached hydrogens (tertiary/aromatic N) is 1. The lowest BCUT2D eigenvalue weighted by Crippen LogP contribution is -2.26. The average Bonchev–Trinajstić information content (AvgIpc) is 2.45. The molecule has 0 unspecified atom stereocenters. The first-order chi connectivity index (χ1) is 9.88. The number of benzene rings is 2. The number of amides is 1. The molecule has 0 aromatic heterocycles. The van der Waals surface area contributed by atoms with Crippen molar-refractivity contribution in [1.29, 1.82) is 0 Å². The maximum absolute atomic E-state index is 12.4. The molecule has 1 amide bonds. The molecule has 0 radical (unpaired) electrons. The molecule has 0 fully saturated rings. The van der Waals surface area contributed by atoms with Gasteiger partial charge in [0.1, 0.15) is 0 Å². The lowest BCUT2D eigenvalue weighted by atomic mass is 10.1. The van der Waals surface area contributed by atoms with E-state index in [2.05, 4.69) is 15.9 Å². The highest BCUT2D eigenvalue weighted by molar-refractivity contribution is 9.10. The number of carbonyl (C=O) groups is 1. The molecule has 0 atom stereocenters. The van der Waals surface area contributed by atoms with Crippen LogP contribution in [0.2, 0.25) is 10.0 Å². The molecule has 2 rings (SSSR count). The third-order valence-electron chi connectivity index (χ3n) is 2.99. The van der Waals surface area contributed by atoms with Crippen molar-refractivity contribution in [3.8, 4) is 0 Å².